The first-order chi connectivity index (χ1) is 14.3. The van der Waals surface area contributed by atoms with Gasteiger partial charge in [0.2, 0.25) is 5.91 Å². The first kappa shape index (κ1) is 23.8. The van der Waals surface area contributed by atoms with Crippen LogP contribution in [0.1, 0.15) is 35.7 Å². The van der Waals surface area contributed by atoms with E-state index in [2.05, 4.69) is 33.5 Å². The van der Waals surface area contributed by atoms with Gasteiger partial charge in [0.25, 0.3) is 5.91 Å². The van der Waals surface area contributed by atoms with E-state index in [0.717, 1.165) is 28.6 Å². The van der Waals surface area contributed by atoms with Gasteiger partial charge in [-0.05, 0) is 54.5 Å². The molecule has 0 saturated heterocycles. The van der Waals surface area contributed by atoms with Crippen molar-refractivity contribution in [3.8, 4) is 5.75 Å². The summed E-state index contributed by atoms with van der Waals surface area (Å²) < 4.78 is 6.51. The number of likely N-dealkylation sites (N-methyl/N-ethyl adjacent to an activating group) is 1. The Balaban J connectivity index is 1.98. The van der Waals surface area contributed by atoms with Crippen molar-refractivity contribution in [2.75, 3.05) is 26.0 Å². The van der Waals surface area contributed by atoms with Crippen LogP contribution >= 0.6 is 28.1 Å². The van der Waals surface area contributed by atoms with E-state index in [4.69, 9.17) is 17.0 Å². The molecule has 0 spiro atoms. The maximum atomic E-state index is 12.7. The molecule has 160 valence electrons. The molecule has 0 heterocycles. The Morgan fingerprint density at radius 2 is 1.83 bits per heavy atom. The fourth-order valence-corrected chi connectivity index (χ4v) is 3.08. The van der Waals surface area contributed by atoms with Crippen LogP contribution in [-0.2, 0) is 11.2 Å². The first-order valence-electron chi connectivity index (χ1n) is 9.64. The van der Waals surface area contributed by atoms with Gasteiger partial charge >= 0.3 is 0 Å². The minimum absolute atomic E-state index is 0.0319. The summed E-state index contributed by atoms with van der Waals surface area (Å²) in [6.45, 7) is 2.62. The molecule has 2 N–H and O–H groups in total. The van der Waals surface area contributed by atoms with Crippen molar-refractivity contribution in [3.63, 3.8) is 0 Å². The standard InChI is InChI=1S/C22H26BrN3O3S/c1-4-5-12-29-19-11-8-16(23)14-18(19)21(28)25-22(30)24-17-9-6-15(7-10-17)13-20(27)26(2)3/h6-11,14H,4-5,12-13H2,1-3H3,(H2,24,25,28,30). The van der Waals surface area contributed by atoms with Gasteiger partial charge in [-0.25, -0.2) is 0 Å². The molecule has 2 amide bonds. The van der Waals surface area contributed by atoms with Crippen molar-refractivity contribution in [3.05, 3.63) is 58.1 Å². The number of hydrogen-bond donors (Lipinski definition) is 2. The number of halogens is 1. The molecule has 0 aliphatic rings. The van der Waals surface area contributed by atoms with Crippen molar-refractivity contribution in [1.29, 1.82) is 0 Å². The molecule has 6 nitrogen and oxygen atoms in total. The molecule has 2 aromatic rings. The summed E-state index contributed by atoms with van der Waals surface area (Å²) in [5.41, 5.74) is 2.02. The number of carbonyl (C=O) groups excluding carboxylic acids is 2. The fourth-order valence-electron chi connectivity index (χ4n) is 2.50. The highest BCUT2D eigenvalue weighted by atomic mass is 79.9. The summed E-state index contributed by atoms with van der Waals surface area (Å²) in [5, 5.41) is 5.85. The zero-order valence-corrected chi connectivity index (χ0v) is 19.7. The molecule has 30 heavy (non-hydrogen) atoms. The molecule has 8 heteroatoms. The van der Waals surface area contributed by atoms with Gasteiger partial charge in [-0.1, -0.05) is 41.4 Å². The van der Waals surface area contributed by atoms with E-state index in [1.807, 2.05) is 30.3 Å². The van der Waals surface area contributed by atoms with Crippen molar-refractivity contribution >= 4 is 50.8 Å². The Labute approximate surface area is 191 Å². The van der Waals surface area contributed by atoms with Crippen molar-refractivity contribution < 1.29 is 14.3 Å². The molecular weight excluding hydrogens is 466 g/mol. The quantitative estimate of drug-likeness (QED) is 0.423. The van der Waals surface area contributed by atoms with Gasteiger partial charge in [0.15, 0.2) is 5.11 Å². The lowest BCUT2D eigenvalue weighted by atomic mass is 10.1. The molecule has 0 unspecified atom stereocenters. The first-order valence-corrected chi connectivity index (χ1v) is 10.8. The summed E-state index contributed by atoms with van der Waals surface area (Å²) in [6, 6.07) is 12.6. The second kappa shape index (κ2) is 11.7. The predicted molar refractivity (Wildman–Crippen MR) is 127 cm³/mol. The lowest BCUT2D eigenvalue weighted by Crippen LogP contribution is -2.34. The average Bonchev–Trinajstić information content (AvgIpc) is 2.70. The number of nitrogens with zero attached hydrogens (tertiary/aromatic N) is 1. The van der Waals surface area contributed by atoms with E-state index < -0.39 is 0 Å². The van der Waals surface area contributed by atoms with Crippen LogP contribution in [0.15, 0.2) is 46.9 Å². The van der Waals surface area contributed by atoms with Crippen molar-refractivity contribution in [2.45, 2.75) is 26.2 Å². The molecule has 2 rings (SSSR count). The molecule has 0 bridgehead atoms. The third-order valence-electron chi connectivity index (χ3n) is 4.23. The Bertz CT molecular complexity index is 901. The summed E-state index contributed by atoms with van der Waals surface area (Å²) >= 11 is 8.66. The van der Waals surface area contributed by atoms with E-state index >= 15 is 0 Å². The summed E-state index contributed by atoms with van der Waals surface area (Å²) in [6.07, 6.45) is 2.25. The van der Waals surface area contributed by atoms with E-state index in [0.29, 0.717) is 24.3 Å². The van der Waals surface area contributed by atoms with Gasteiger partial charge in [-0.3, -0.25) is 14.9 Å². The fraction of sp³-hybridized carbons (Fsp3) is 0.318. The number of rotatable bonds is 8. The van der Waals surface area contributed by atoms with Crippen LogP contribution in [0, 0.1) is 0 Å². The van der Waals surface area contributed by atoms with Crippen LogP contribution < -0.4 is 15.4 Å². The number of ether oxygens (including phenoxy) is 1. The minimum atomic E-state index is -0.353. The SMILES string of the molecule is CCCCOc1ccc(Br)cc1C(=O)NC(=S)Nc1ccc(CC(=O)N(C)C)cc1. The van der Waals surface area contributed by atoms with Crippen LogP contribution in [0.5, 0.6) is 5.75 Å². The van der Waals surface area contributed by atoms with Gasteiger partial charge in [0, 0.05) is 24.3 Å². The maximum Gasteiger partial charge on any atom is 0.261 e. The number of anilines is 1. The normalized spacial score (nSPS) is 10.3. The molecule has 0 radical (unpaired) electrons. The number of thiocarbonyl (C=S) groups is 1. The van der Waals surface area contributed by atoms with Gasteiger partial charge in [-0.2, -0.15) is 0 Å². The van der Waals surface area contributed by atoms with E-state index in [-0.39, 0.29) is 16.9 Å². The van der Waals surface area contributed by atoms with Gasteiger partial charge in [0.05, 0.1) is 18.6 Å². The third kappa shape index (κ3) is 7.42. The Hall–Kier alpha value is -2.45. The lowest BCUT2D eigenvalue weighted by molar-refractivity contribution is -0.127. The second-order valence-corrected chi connectivity index (χ2v) is 8.24. The highest BCUT2D eigenvalue weighted by Crippen LogP contribution is 2.23. The Kier molecular flexibility index (Phi) is 9.26. The van der Waals surface area contributed by atoms with Crippen LogP contribution in [0.2, 0.25) is 0 Å². The van der Waals surface area contributed by atoms with Gasteiger partial charge in [-0.15, -0.1) is 0 Å². The third-order valence-corrected chi connectivity index (χ3v) is 4.93. The molecule has 0 saturated carbocycles. The number of carbonyl (C=O) groups is 2. The Morgan fingerprint density at radius 1 is 1.13 bits per heavy atom. The summed E-state index contributed by atoms with van der Waals surface area (Å²) in [5.74, 6) is 0.194. The number of nitrogens with one attached hydrogen (secondary N) is 2. The molecule has 0 fully saturated rings. The maximum absolute atomic E-state index is 12.7. The topological polar surface area (TPSA) is 70.7 Å². The zero-order chi connectivity index (χ0) is 22.1. The second-order valence-electron chi connectivity index (χ2n) is 6.91. The number of amides is 2. The predicted octanol–water partition coefficient (Wildman–Crippen LogP) is 4.39. The molecule has 0 aliphatic carbocycles. The van der Waals surface area contributed by atoms with Gasteiger partial charge < -0.3 is 15.0 Å². The summed E-state index contributed by atoms with van der Waals surface area (Å²) in [7, 11) is 3.45. The Morgan fingerprint density at radius 3 is 2.47 bits per heavy atom. The monoisotopic (exact) mass is 491 g/mol. The number of unbranched alkanes of at least 4 members (excludes halogenated alkanes) is 1. The minimum Gasteiger partial charge on any atom is -0.493 e. The lowest BCUT2D eigenvalue weighted by Gasteiger charge is -2.14. The van der Waals surface area contributed by atoms with Crippen LogP contribution in [0.25, 0.3) is 0 Å². The number of hydrogen-bond acceptors (Lipinski definition) is 4. The molecule has 0 aromatic heterocycles. The molecule has 2 aromatic carbocycles. The van der Waals surface area contributed by atoms with Crippen LogP contribution in [0.4, 0.5) is 5.69 Å². The highest BCUT2D eigenvalue weighted by Gasteiger charge is 2.15. The van der Waals surface area contributed by atoms with Crippen LogP contribution in [-0.4, -0.2) is 42.5 Å². The van der Waals surface area contributed by atoms with E-state index in [9.17, 15) is 9.59 Å². The largest absolute Gasteiger partial charge is 0.493 e. The average molecular weight is 492 g/mol. The highest BCUT2D eigenvalue weighted by molar-refractivity contribution is 9.10. The zero-order valence-electron chi connectivity index (χ0n) is 17.3. The number of benzene rings is 2. The van der Waals surface area contributed by atoms with Crippen molar-refractivity contribution in [2.24, 2.45) is 0 Å². The van der Waals surface area contributed by atoms with Gasteiger partial charge in [0.1, 0.15) is 5.75 Å². The van der Waals surface area contributed by atoms with Crippen molar-refractivity contribution in [1.82, 2.24) is 10.2 Å². The smallest absolute Gasteiger partial charge is 0.261 e. The molecule has 0 aliphatic heterocycles. The van der Waals surface area contributed by atoms with Crippen LogP contribution in [0.3, 0.4) is 0 Å². The van der Waals surface area contributed by atoms with E-state index in [1.54, 1.807) is 31.1 Å². The molecule has 0 atom stereocenters. The summed E-state index contributed by atoms with van der Waals surface area (Å²) in [4.78, 5) is 26.1. The van der Waals surface area contributed by atoms with E-state index in [1.165, 1.54) is 0 Å². The molecular formula is C22H26BrN3O3S.